The van der Waals surface area contributed by atoms with Gasteiger partial charge in [-0.05, 0) is 41.8 Å². The van der Waals surface area contributed by atoms with Crippen LogP contribution in [0, 0.1) is 0 Å². The van der Waals surface area contributed by atoms with E-state index in [1.807, 2.05) is 35.7 Å². The zero-order chi connectivity index (χ0) is 18.2. The Bertz CT molecular complexity index is 856. The number of amides is 2. The molecule has 0 atom stereocenters. The van der Waals surface area contributed by atoms with Crippen LogP contribution >= 0.6 is 11.3 Å². The Morgan fingerprint density at radius 2 is 1.92 bits per heavy atom. The number of nitrogens with zero attached hydrogens (tertiary/aromatic N) is 1. The molecule has 2 heterocycles. The zero-order valence-corrected chi connectivity index (χ0v) is 14.8. The molecule has 0 saturated carbocycles. The van der Waals surface area contributed by atoms with E-state index in [0.29, 0.717) is 11.4 Å². The first kappa shape index (κ1) is 17.7. The summed E-state index contributed by atoms with van der Waals surface area (Å²) in [6.45, 7) is 0.159. The summed E-state index contributed by atoms with van der Waals surface area (Å²) in [5.41, 5.74) is 0.692. The zero-order valence-electron chi connectivity index (χ0n) is 14.0. The molecule has 26 heavy (non-hydrogen) atoms. The smallest absolute Gasteiger partial charge is 0.247 e. The van der Waals surface area contributed by atoms with Crippen molar-refractivity contribution in [1.29, 1.82) is 0 Å². The normalized spacial score (nSPS) is 10.8. The number of carbonyl (C=O) groups excluding carboxylic acids is 2. The minimum absolute atomic E-state index is 0.0663. The number of hydrogen-bond donors (Lipinski definition) is 1. The van der Waals surface area contributed by atoms with Gasteiger partial charge in [0.2, 0.25) is 11.8 Å². The van der Waals surface area contributed by atoms with Crippen LogP contribution in [0.15, 0.2) is 76.7 Å². The fraction of sp³-hybridized carbons (Fsp3) is 0.100. The lowest BCUT2D eigenvalue weighted by Gasteiger charge is -2.19. The fourth-order valence-corrected chi connectivity index (χ4v) is 2.96. The van der Waals surface area contributed by atoms with Crippen LogP contribution in [-0.4, -0.2) is 23.3 Å². The standard InChI is InChI=1S/C20H18N2O3S/c23-19(21-16-6-2-1-3-7-16)15-22(14-17-8-4-12-25-17)20(24)11-10-18-9-5-13-26-18/h1-13H,14-15H2,(H,21,23)/b11-10+. The number of carbonyl (C=O) groups is 2. The molecular formula is C20H18N2O3S. The number of thiophene rings is 1. The summed E-state index contributed by atoms with van der Waals surface area (Å²) < 4.78 is 5.32. The van der Waals surface area contributed by atoms with Crippen molar-refractivity contribution in [2.24, 2.45) is 0 Å². The first-order chi connectivity index (χ1) is 12.7. The molecule has 0 aliphatic carbocycles. The van der Waals surface area contributed by atoms with Crippen molar-refractivity contribution >= 4 is 34.9 Å². The van der Waals surface area contributed by atoms with Crippen LogP contribution in [0.5, 0.6) is 0 Å². The van der Waals surface area contributed by atoms with Crippen molar-refractivity contribution in [3.05, 3.63) is 83.0 Å². The molecule has 3 rings (SSSR count). The Labute approximate surface area is 155 Å². The highest BCUT2D eigenvalue weighted by Crippen LogP contribution is 2.12. The Balaban J connectivity index is 1.68. The number of nitrogens with one attached hydrogen (secondary N) is 1. The summed E-state index contributed by atoms with van der Waals surface area (Å²) >= 11 is 1.54. The third-order valence-electron chi connectivity index (χ3n) is 3.56. The molecule has 0 spiro atoms. The van der Waals surface area contributed by atoms with Gasteiger partial charge >= 0.3 is 0 Å². The van der Waals surface area contributed by atoms with E-state index < -0.39 is 0 Å². The molecule has 0 unspecified atom stereocenters. The Morgan fingerprint density at radius 1 is 1.08 bits per heavy atom. The molecule has 0 radical (unpaired) electrons. The molecule has 0 saturated heterocycles. The maximum atomic E-state index is 12.6. The van der Waals surface area contributed by atoms with E-state index in [1.165, 1.54) is 11.0 Å². The molecule has 0 aliphatic rings. The molecule has 0 aliphatic heterocycles. The largest absolute Gasteiger partial charge is 0.467 e. The van der Waals surface area contributed by atoms with Crippen molar-refractivity contribution in [1.82, 2.24) is 4.90 Å². The van der Waals surface area contributed by atoms with Crippen molar-refractivity contribution in [3.63, 3.8) is 0 Å². The van der Waals surface area contributed by atoms with Crippen LogP contribution < -0.4 is 5.32 Å². The second kappa shape index (κ2) is 8.82. The lowest BCUT2D eigenvalue weighted by molar-refractivity contribution is -0.131. The van der Waals surface area contributed by atoms with Crippen molar-refractivity contribution in [2.45, 2.75) is 6.54 Å². The quantitative estimate of drug-likeness (QED) is 0.643. The molecule has 132 valence electrons. The average Bonchev–Trinajstić information content (AvgIpc) is 3.34. The second-order valence-corrected chi connectivity index (χ2v) is 6.52. The Morgan fingerprint density at radius 3 is 2.62 bits per heavy atom. The first-order valence-corrected chi connectivity index (χ1v) is 8.96. The van der Waals surface area contributed by atoms with E-state index in [0.717, 1.165) is 4.88 Å². The van der Waals surface area contributed by atoms with Crippen molar-refractivity contribution in [2.75, 3.05) is 11.9 Å². The highest BCUT2D eigenvalue weighted by atomic mass is 32.1. The lowest BCUT2D eigenvalue weighted by Crippen LogP contribution is -2.36. The maximum Gasteiger partial charge on any atom is 0.247 e. The molecule has 1 N–H and O–H groups in total. The SMILES string of the molecule is O=C(CN(Cc1ccco1)C(=O)/C=C/c1cccs1)Nc1ccccc1. The molecule has 0 bridgehead atoms. The van der Waals surface area contributed by atoms with Gasteiger partial charge in [0.25, 0.3) is 0 Å². The van der Waals surface area contributed by atoms with Gasteiger partial charge in [0.05, 0.1) is 12.8 Å². The summed E-state index contributed by atoms with van der Waals surface area (Å²) in [5.74, 6) is 0.106. The second-order valence-electron chi connectivity index (χ2n) is 5.54. The van der Waals surface area contributed by atoms with Gasteiger partial charge in [0.1, 0.15) is 12.3 Å². The molecule has 2 aromatic heterocycles. The third-order valence-corrected chi connectivity index (χ3v) is 4.40. The molecule has 6 heteroatoms. The summed E-state index contributed by atoms with van der Waals surface area (Å²) in [6.07, 6.45) is 4.77. The fourth-order valence-electron chi connectivity index (χ4n) is 2.34. The lowest BCUT2D eigenvalue weighted by atomic mass is 10.3. The van der Waals surface area contributed by atoms with E-state index >= 15 is 0 Å². The topological polar surface area (TPSA) is 62.6 Å². The minimum atomic E-state index is -0.263. The van der Waals surface area contributed by atoms with Crippen LogP contribution in [0.25, 0.3) is 6.08 Å². The third kappa shape index (κ3) is 5.19. The maximum absolute atomic E-state index is 12.6. The van der Waals surface area contributed by atoms with Crippen LogP contribution in [-0.2, 0) is 16.1 Å². The van der Waals surface area contributed by atoms with E-state index in [2.05, 4.69) is 5.32 Å². The van der Waals surface area contributed by atoms with Gasteiger partial charge in [-0.15, -0.1) is 11.3 Å². The molecule has 2 amide bonds. The number of para-hydroxylation sites is 1. The molecule has 0 fully saturated rings. The van der Waals surface area contributed by atoms with Gasteiger partial charge in [0, 0.05) is 16.6 Å². The number of benzene rings is 1. The Kier molecular flexibility index (Phi) is 6.01. The van der Waals surface area contributed by atoms with Gasteiger partial charge in [-0.3, -0.25) is 9.59 Å². The van der Waals surface area contributed by atoms with E-state index in [-0.39, 0.29) is 24.9 Å². The van der Waals surface area contributed by atoms with Gasteiger partial charge in [-0.1, -0.05) is 24.3 Å². The van der Waals surface area contributed by atoms with Gasteiger partial charge in [-0.25, -0.2) is 0 Å². The summed E-state index contributed by atoms with van der Waals surface area (Å²) in [7, 11) is 0. The van der Waals surface area contributed by atoms with Crippen LogP contribution in [0.1, 0.15) is 10.6 Å². The number of hydrogen-bond acceptors (Lipinski definition) is 4. The van der Waals surface area contributed by atoms with Crippen molar-refractivity contribution < 1.29 is 14.0 Å². The highest BCUT2D eigenvalue weighted by Gasteiger charge is 2.17. The number of furan rings is 1. The first-order valence-electron chi connectivity index (χ1n) is 8.08. The van der Waals surface area contributed by atoms with Gasteiger partial charge in [0.15, 0.2) is 0 Å². The number of rotatable bonds is 7. The van der Waals surface area contributed by atoms with Gasteiger partial charge in [-0.2, -0.15) is 0 Å². The van der Waals surface area contributed by atoms with Crippen LogP contribution in [0.4, 0.5) is 5.69 Å². The summed E-state index contributed by atoms with van der Waals surface area (Å²) in [6, 6.07) is 16.5. The molecule has 1 aromatic carbocycles. The molecule has 5 nitrogen and oxygen atoms in total. The predicted molar refractivity (Wildman–Crippen MR) is 103 cm³/mol. The van der Waals surface area contributed by atoms with Crippen LogP contribution in [0.2, 0.25) is 0 Å². The van der Waals surface area contributed by atoms with E-state index in [4.69, 9.17) is 4.42 Å². The predicted octanol–water partition coefficient (Wildman–Crippen LogP) is 4.02. The molecule has 3 aromatic rings. The van der Waals surface area contributed by atoms with Crippen LogP contribution in [0.3, 0.4) is 0 Å². The van der Waals surface area contributed by atoms with E-state index in [1.54, 1.807) is 47.9 Å². The van der Waals surface area contributed by atoms with Gasteiger partial charge < -0.3 is 14.6 Å². The van der Waals surface area contributed by atoms with E-state index in [9.17, 15) is 9.59 Å². The van der Waals surface area contributed by atoms with Crippen molar-refractivity contribution in [3.8, 4) is 0 Å². The average molecular weight is 366 g/mol. The molecular weight excluding hydrogens is 348 g/mol. The Hall–Kier alpha value is -3.12. The summed E-state index contributed by atoms with van der Waals surface area (Å²) in [4.78, 5) is 27.3. The number of anilines is 1. The highest BCUT2D eigenvalue weighted by molar-refractivity contribution is 7.10. The minimum Gasteiger partial charge on any atom is -0.467 e. The summed E-state index contributed by atoms with van der Waals surface area (Å²) in [5, 5.41) is 4.73. The monoisotopic (exact) mass is 366 g/mol.